The van der Waals surface area contributed by atoms with Gasteiger partial charge in [-0.05, 0) is 42.8 Å². The molecule has 3 rings (SSSR count). The molecular formula is C21H20ClN3O4. The number of pyridine rings is 1. The number of nitrogens with zero attached hydrogens (tertiary/aromatic N) is 1. The van der Waals surface area contributed by atoms with Crippen LogP contribution in [0.25, 0.3) is 10.8 Å². The van der Waals surface area contributed by atoms with Gasteiger partial charge in [-0.15, -0.1) is 0 Å². The molecule has 1 unspecified atom stereocenters. The Hall–Kier alpha value is -3.16. The minimum Gasteiger partial charge on any atom is -0.394 e. The van der Waals surface area contributed by atoms with Crippen molar-refractivity contribution >= 4 is 39.9 Å². The van der Waals surface area contributed by atoms with Gasteiger partial charge in [-0.1, -0.05) is 29.8 Å². The van der Waals surface area contributed by atoms with Gasteiger partial charge in [0.05, 0.1) is 12.5 Å². The summed E-state index contributed by atoms with van der Waals surface area (Å²) in [7, 11) is 0. The number of primary amides is 1. The first-order valence-electron chi connectivity index (χ1n) is 8.94. The Morgan fingerprint density at radius 3 is 2.45 bits per heavy atom. The fourth-order valence-electron chi connectivity index (χ4n) is 3.11. The molecule has 2 aromatic carbocycles. The molecule has 0 aliphatic rings. The zero-order valence-corrected chi connectivity index (χ0v) is 16.4. The molecule has 0 spiro atoms. The Labute approximate surface area is 171 Å². The summed E-state index contributed by atoms with van der Waals surface area (Å²) in [5.41, 5.74) is 6.05. The van der Waals surface area contributed by atoms with E-state index in [9.17, 15) is 19.5 Å². The van der Waals surface area contributed by atoms with Crippen molar-refractivity contribution in [2.75, 3.05) is 11.9 Å². The molecule has 0 saturated heterocycles. The predicted molar refractivity (Wildman–Crippen MR) is 112 cm³/mol. The van der Waals surface area contributed by atoms with Crippen LogP contribution < -0.4 is 16.6 Å². The fourth-order valence-corrected chi connectivity index (χ4v) is 3.23. The largest absolute Gasteiger partial charge is 0.394 e. The lowest BCUT2D eigenvalue weighted by atomic mass is 10.00. The number of nitrogens with one attached hydrogen (secondary N) is 1. The van der Waals surface area contributed by atoms with Crippen molar-refractivity contribution in [3.05, 3.63) is 75.7 Å². The number of hydrogen-bond acceptors (Lipinski definition) is 4. The van der Waals surface area contributed by atoms with E-state index in [1.54, 1.807) is 55.5 Å². The van der Waals surface area contributed by atoms with Crippen molar-refractivity contribution in [2.45, 2.75) is 18.9 Å². The zero-order chi connectivity index (χ0) is 21.1. The van der Waals surface area contributed by atoms with E-state index in [1.165, 1.54) is 6.20 Å². The number of aromatic nitrogens is 1. The van der Waals surface area contributed by atoms with Crippen molar-refractivity contribution in [1.29, 1.82) is 0 Å². The molecule has 0 aliphatic heterocycles. The van der Waals surface area contributed by atoms with Gasteiger partial charge in [-0.3, -0.25) is 14.4 Å². The smallest absolute Gasteiger partial charge is 0.259 e. The number of anilines is 1. The Kier molecular flexibility index (Phi) is 6.00. The zero-order valence-electron chi connectivity index (χ0n) is 15.6. The number of hydrogen-bond donors (Lipinski definition) is 3. The van der Waals surface area contributed by atoms with Gasteiger partial charge in [-0.25, -0.2) is 0 Å². The highest BCUT2D eigenvalue weighted by molar-refractivity contribution is 6.30. The minimum atomic E-state index is -1.16. The van der Waals surface area contributed by atoms with E-state index < -0.39 is 30.0 Å². The van der Waals surface area contributed by atoms with Gasteiger partial charge < -0.3 is 20.7 Å². The van der Waals surface area contributed by atoms with Crippen LogP contribution in [0.4, 0.5) is 5.69 Å². The number of aliphatic hydroxyl groups is 1. The third-order valence-corrected chi connectivity index (χ3v) is 5.08. The molecule has 3 aromatic rings. The first-order chi connectivity index (χ1) is 13.8. The summed E-state index contributed by atoms with van der Waals surface area (Å²) >= 11 is 5.89. The SMILES string of the molecule is CC(C(=O)Nc1cccc2c(=O)n([C@H](CO)C(N)=O)ccc12)c1ccc(Cl)cc1. The molecule has 1 aromatic heterocycles. The van der Waals surface area contributed by atoms with Crippen LogP contribution in [0.3, 0.4) is 0 Å². The first-order valence-corrected chi connectivity index (χ1v) is 9.31. The van der Waals surface area contributed by atoms with Crippen LogP contribution in [0.2, 0.25) is 5.02 Å². The lowest BCUT2D eigenvalue weighted by molar-refractivity contribution is -0.122. The summed E-state index contributed by atoms with van der Waals surface area (Å²) in [5.74, 6) is -1.49. The predicted octanol–water partition coefficient (Wildman–Crippen LogP) is 2.42. The second-order valence-electron chi connectivity index (χ2n) is 6.66. The van der Waals surface area contributed by atoms with Crippen LogP contribution in [-0.2, 0) is 9.59 Å². The van der Waals surface area contributed by atoms with E-state index in [0.717, 1.165) is 10.1 Å². The van der Waals surface area contributed by atoms with Gasteiger partial charge in [0.2, 0.25) is 11.8 Å². The highest BCUT2D eigenvalue weighted by Crippen LogP contribution is 2.24. The standard InChI is InChI=1S/C21H20ClN3O4/c1-12(13-5-7-14(22)8-6-13)20(28)24-17-4-2-3-16-15(17)9-10-25(21(16)29)18(11-26)19(23)27/h2-10,12,18,26H,11H2,1H3,(H2,23,27)(H,24,28)/t12?,18-/m1/s1. The molecule has 0 fully saturated rings. The third-order valence-electron chi connectivity index (χ3n) is 4.83. The van der Waals surface area contributed by atoms with Crippen LogP contribution >= 0.6 is 11.6 Å². The maximum absolute atomic E-state index is 12.8. The van der Waals surface area contributed by atoms with Crippen molar-refractivity contribution in [1.82, 2.24) is 4.57 Å². The topological polar surface area (TPSA) is 114 Å². The van der Waals surface area contributed by atoms with Crippen LogP contribution in [-0.4, -0.2) is 28.1 Å². The molecule has 2 atom stereocenters. The maximum atomic E-state index is 12.8. The average molecular weight is 414 g/mol. The minimum absolute atomic E-state index is 0.241. The van der Waals surface area contributed by atoms with E-state index in [2.05, 4.69) is 5.32 Å². The molecule has 2 amide bonds. The van der Waals surface area contributed by atoms with Crippen molar-refractivity contribution in [2.24, 2.45) is 5.73 Å². The summed E-state index contributed by atoms with van der Waals surface area (Å²) in [6.07, 6.45) is 1.38. The summed E-state index contributed by atoms with van der Waals surface area (Å²) in [4.78, 5) is 37.0. The summed E-state index contributed by atoms with van der Waals surface area (Å²) < 4.78 is 1.09. The Morgan fingerprint density at radius 1 is 1.14 bits per heavy atom. The number of nitrogens with two attached hydrogens (primary N) is 1. The lowest BCUT2D eigenvalue weighted by Crippen LogP contribution is -2.35. The Balaban J connectivity index is 1.95. The molecular weight excluding hydrogens is 394 g/mol. The van der Waals surface area contributed by atoms with E-state index in [-0.39, 0.29) is 5.91 Å². The lowest BCUT2D eigenvalue weighted by Gasteiger charge is -2.17. The normalized spacial score (nSPS) is 13.1. The van der Waals surface area contributed by atoms with Crippen LogP contribution in [0.1, 0.15) is 24.4 Å². The van der Waals surface area contributed by atoms with Gasteiger partial charge in [0, 0.05) is 27.7 Å². The van der Waals surface area contributed by atoms with Crippen LogP contribution in [0.15, 0.2) is 59.5 Å². The average Bonchev–Trinajstić information content (AvgIpc) is 2.70. The number of amides is 2. The summed E-state index contributed by atoms with van der Waals surface area (Å²) in [6.45, 7) is 1.19. The second-order valence-corrected chi connectivity index (χ2v) is 7.09. The number of carbonyl (C=O) groups is 2. The number of halogens is 1. The van der Waals surface area contributed by atoms with Gasteiger partial charge in [0.1, 0.15) is 6.04 Å². The van der Waals surface area contributed by atoms with E-state index >= 15 is 0 Å². The van der Waals surface area contributed by atoms with E-state index in [1.807, 2.05) is 0 Å². The molecule has 4 N–H and O–H groups in total. The number of fused-ring (bicyclic) bond motifs is 1. The number of aliphatic hydroxyl groups excluding tert-OH is 1. The molecule has 0 saturated carbocycles. The molecule has 150 valence electrons. The highest BCUT2D eigenvalue weighted by Gasteiger charge is 2.20. The molecule has 1 heterocycles. The maximum Gasteiger partial charge on any atom is 0.259 e. The van der Waals surface area contributed by atoms with Crippen molar-refractivity contribution < 1.29 is 14.7 Å². The third kappa shape index (κ3) is 4.16. The molecule has 7 nitrogen and oxygen atoms in total. The fraction of sp³-hybridized carbons (Fsp3) is 0.190. The Bertz CT molecular complexity index is 1120. The van der Waals surface area contributed by atoms with Crippen LogP contribution in [0.5, 0.6) is 0 Å². The first kappa shape index (κ1) is 20.6. The molecule has 0 aliphatic carbocycles. The van der Waals surface area contributed by atoms with Gasteiger partial charge in [0.15, 0.2) is 0 Å². The van der Waals surface area contributed by atoms with E-state index in [0.29, 0.717) is 21.5 Å². The molecule has 29 heavy (non-hydrogen) atoms. The van der Waals surface area contributed by atoms with Gasteiger partial charge >= 0.3 is 0 Å². The number of benzene rings is 2. The number of rotatable bonds is 6. The number of carbonyl (C=O) groups excluding carboxylic acids is 2. The van der Waals surface area contributed by atoms with Gasteiger partial charge in [-0.2, -0.15) is 0 Å². The van der Waals surface area contributed by atoms with Gasteiger partial charge in [0.25, 0.3) is 5.56 Å². The monoisotopic (exact) mass is 413 g/mol. The molecule has 8 heteroatoms. The van der Waals surface area contributed by atoms with Crippen molar-refractivity contribution in [3.63, 3.8) is 0 Å². The van der Waals surface area contributed by atoms with E-state index in [4.69, 9.17) is 17.3 Å². The molecule has 0 bridgehead atoms. The Morgan fingerprint density at radius 2 is 1.83 bits per heavy atom. The second kappa shape index (κ2) is 8.46. The molecule has 0 radical (unpaired) electrons. The quantitative estimate of drug-likeness (QED) is 0.575. The van der Waals surface area contributed by atoms with Crippen molar-refractivity contribution in [3.8, 4) is 0 Å². The highest BCUT2D eigenvalue weighted by atomic mass is 35.5. The summed E-state index contributed by atoms with van der Waals surface area (Å²) in [6, 6.07) is 12.4. The van der Waals surface area contributed by atoms with Crippen LogP contribution in [0, 0.1) is 0 Å². The summed E-state index contributed by atoms with van der Waals surface area (Å²) in [5, 5.41) is 13.6.